The largest absolute Gasteiger partial charge is 0.496 e. The Morgan fingerprint density at radius 3 is 2.71 bits per heavy atom. The van der Waals surface area contributed by atoms with E-state index in [4.69, 9.17) is 10.5 Å². The Labute approximate surface area is 140 Å². The van der Waals surface area contributed by atoms with E-state index >= 15 is 0 Å². The summed E-state index contributed by atoms with van der Waals surface area (Å²) in [6.07, 6.45) is 2.49. The van der Waals surface area contributed by atoms with Gasteiger partial charge in [0.25, 0.3) is 5.91 Å². The smallest absolute Gasteiger partial charge is 0.255 e. The molecule has 0 aliphatic heterocycles. The van der Waals surface area contributed by atoms with E-state index in [0.717, 1.165) is 12.8 Å². The number of carbonyl (C=O) groups is 3. The highest BCUT2D eigenvalue weighted by molar-refractivity contribution is 5.97. The van der Waals surface area contributed by atoms with E-state index in [1.54, 1.807) is 24.3 Å². The van der Waals surface area contributed by atoms with E-state index < -0.39 is 0 Å². The average Bonchev–Trinajstić information content (AvgIpc) is 3.03. The van der Waals surface area contributed by atoms with Gasteiger partial charge in [0.15, 0.2) is 0 Å². The molecule has 130 valence electrons. The maximum atomic E-state index is 12.1. The highest BCUT2D eigenvalue weighted by Crippen LogP contribution is 2.25. The summed E-state index contributed by atoms with van der Waals surface area (Å²) in [5, 5.41) is 5.52. The summed E-state index contributed by atoms with van der Waals surface area (Å²) in [5.41, 5.74) is 5.76. The second kappa shape index (κ2) is 8.33. The van der Waals surface area contributed by atoms with E-state index in [-0.39, 0.29) is 42.6 Å². The number of amides is 3. The van der Waals surface area contributed by atoms with E-state index in [2.05, 4.69) is 10.6 Å². The minimum Gasteiger partial charge on any atom is -0.496 e. The third-order valence-electron chi connectivity index (χ3n) is 4.22. The number of rotatable bonds is 7. The number of carbonyl (C=O) groups excluding carboxylic acids is 3. The number of nitrogens with two attached hydrogens (primary N) is 1. The molecule has 0 spiro atoms. The van der Waals surface area contributed by atoms with Crippen molar-refractivity contribution in [3.8, 4) is 5.75 Å². The van der Waals surface area contributed by atoms with Gasteiger partial charge in [-0.2, -0.15) is 0 Å². The number of methoxy groups -OCH3 is 1. The quantitative estimate of drug-likeness (QED) is 0.678. The van der Waals surface area contributed by atoms with E-state index in [1.165, 1.54) is 7.11 Å². The molecule has 24 heavy (non-hydrogen) atoms. The zero-order valence-corrected chi connectivity index (χ0v) is 13.7. The molecule has 4 N–H and O–H groups in total. The molecule has 0 heterocycles. The molecule has 3 amide bonds. The number of ether oxygens (including phenoxy) is 1. The Hall–Kier alpha value is -2.57. The van der Waals surface area contributed by atoms with Crippen molar-refractivity contribution in [3.05, 3.63) is 29.8 Å². The zero-order valence-electron chi connectivity index (χ0n) is 13.7. The second-order valence-corrected chi connectivity index (χ2v) is 5.82. The highest BCUT2D eigenvalue weighted by atomic mass is 16.5. The predicted octanol–water partition coefficient (Wildman–Crippen LogP) is 0.585. The van der Waals surface area contributed by atoms with Gasteiger partial charge in [-0.15, -0.1) is 0 Å². The minimum absolute atomic E-state index is 0.142. The first-order valence-corrected chi connectivity index (χ1v) is 8.03. The standard InChI is InChI=1S/C17H23N3O4/c1-24-14-8-3-2-5-12(14)17(23)19-10-9-15(21)20-13-7-4-6-11(13)16(18)22/h2-3,5,8,11,13H,4,6-7,9-10H2,1H3,(H2,18,22)(H,19,23)(H,20,21). The van der Waals surface area contributed by atoms with Gasteiger partial charge in [0, 0.05) is 19.0 Å². The Balaban J connectivity index is 1.78. The van der Waals surface area contributed by atoms with Crippen LogP contribution in [0.25, 0.3) is 0 Å². The molecular formula is C17H23N3O4. The van der Waals surface area contributed by atoms with Crippen molar-refractivity contribution in [2.24, 2.45) is 11.7 Å². The number of nitrogens with one attached hydrogen (secondary N) is 2. The van der Waals surface area contributed by atoms with Crippen LogP contribution >= 0.6 is 0 Å². The topological polar surface area (TPSA) is 111 Å². The van der Waals surface area contributed by atoms with Crippen molar-refractivity contribution in [1.82, 2.24) is 10.6 Å². The first kappa shape index (κ1) is 17.8. The fourth-order valence-corrected chi connectivity index (χ4v) is 2.97. The van der Waals surface area contributed by atoms with Crippen LogP contribution < -0.4 is 21.1 Å². The molecule has 7 heteroatoms. The monoisotopic (exact) mass is 333 g/mol. The summed E-state index contributed by atoms with van der Waals surface area (Å²) in [5.74, 6) is -0.682. The normalized spacial score (nSPS) is 19.5. The number of para-hydroxylation sites is 1. The number of hydrogen-bond acceptors (Lipinski definition) is 4. The lowest BCUT2D eigenvalue weighted by atomic mass is 10.0. The van der Waals surface area contributed by atoms with Gasteiger partial charge in [-0.3, -0.25) is 14.4 Å². The molecule has 1 aromatic carbocycles. The maximum absolute atomic E-state index is 12.1. The SMILES string of the molecule is COc1ccccc1C(=O)NCCC(=O)NC1CCCC1C(N)=O. The lowest BCUT2D eigenvalue weighted by molar-refractivity contribution is -0.124. The Kier molecular flexibility index (Phi) is 6.17. The Bertz CT molecular complexity index is 618. The van der Waals surface area contributed by atoms with Crippen molar-refractivity contribution in [2.45, 2.75) is 31.7 Å². The molecular weight excluding hydrogens is 310 g/mol. The van der Waals surface area contributed by atoms with Gasteiger partial charge in [-0.05, 0) is 25.0 Å². The third-order valence-corrected chi connectivity index (χ3v) is 4.22. The molecule has 0 saturated heterocycles. The fraction of sp³-hybridized carbons (Fsp3) is 0.471. The van der Waals surface area contributed by atoms with Crippen LogP contribution in [-0.2, 0) is 9.59 Å². The average molecular weight is 333 g/mol. The van der Waals surface area contributed by atoms with Gasteiger partial charge in [0.2, 0.25) is 11.8 Å². The van der Waals surface area contributed by atoms with Crippen LogP contribution in [0.1, 0.15) is 36.0 Å². The summed E-state index contributed by atoms with van der Waals surface area (Å²) in [4.78, 5) is 35.4. The summed E-state index contributed by atoms with van der Waals surface area (Å²) in [7, 11) is 1.50. The van der Waals surface area contributed by atoms with Crippen LogP contribution in [0.5, 0.6) is 5.75 Å². The highest BCUT2D eigenvalue weighted by Gasteiger charge is 2.32. The molecule has 2 rings (SSSR count). The summed E-state index contributed by atoms with van der Waals surface area (Å²) in [6, 6.07) is 6.68. The van der Waals surface area contributed by atoms with Crippen molar-refractivity contribution >= 4 is 17.7 Å². The summed E-state index contributed by atoms with van der Waals surface area (Å²) in [6.45, 7) is 0.205. The first-order chi connectivity index (χ1) is 11.5. The van der Waals surface area contributed by atoms with E-state index in [1.807, 2.05) is 0 Å². The number of primary amides is 1. The predicted molar refractivity (Wildman–Crippen MR) is 88.4 cm³/mol. The molecule has 1 fully saturated rings. The summed E-state index contributed by atoms with van der Waals surface area (Å²) >= 11 is 0. The maximum Gasteiger partial charge on any atom is 0.255 e. The van der Waals surface area contributed by atoms with E-state index in [0.29, 0.717) is 17.7 Å². The molecule has 0 radical (unpaired) electrons. The lowest BCUT2D eigenvalue weighted by Gasteiger charge is -2.18. The lowest BCUT2D eigenvalue weighted by Crippen LogP contribution is -2.43. The van der Waals surface area contributed by atoms with Crippen LogP contribution in [0, 0.1) is 5.92 Å². The van der Waals surface area contributed by atoms with E-state index in [9.17, 15) is 14.4 Å². The van der Waals surface area contributed by atoms with Crippen LogP contribution in [0.3, 0.4) is 0 Å². The molecule has 2 unspecified atom stereocenters. The van der Waals surface area contributed by atoms with Gasteiger partial charge in [0.05, 0.1) is 18.6 Å². The minimum atomic E-state index is -0.373. The van der Waals surface area contributed by atoms with Crippen LogP contribution in [0.15, 0.2) is 24.3 Å². The summed E-state index contributed by atoms with van der Waals surface area (Å²) < 4.78 is 5.13. The molecule has 0 bridgehead atoms. The van der Waals surface area contributed by atoms with Crippen molar-refractivity contribution in [1.29, 1.82) is 0 Å². The van der Waals surface area contributed by atoms with Crippen LogP contribution in [0.2, 0.25) is 0 Å². The van der Waals surface area contributed by atoms with Gasteiger partial charge >= 0.3 is 0 Å². The van der Waals surface area contributed by atoms with Gasteiger partial charge in [0.1, 0.15) is 5.75 Å². The van der Waals surface area contributed by atoms with Crippen molar-refractivity contribution < 1.29 is 19.1 Å². The second-order valence-electron chi connectivity index (χ2n) is 5.82. The molecule has 1 aromatic rings. The molecule has 1 aliphatic rings. The molecule has 1 saturated carbocycles. The van der Waals surface area contributed by atoms with Crippen LogP contribution in [0.4, 0.5) is 0 Å². The fourth-order valence-electron chi connectivity index (χ4n) is 2.97. The number of hydrogen-bond donors (Lipinski definition) is 3. The number of benzene rings is 1. The van der Waals surface area contributed by atoms with Crippen LogP contribution in [-0.4, -0.2) is 37.4 Å². The molecule has 7 nitrogen and oxygen atoms in total. The molecule has 2 atom stereocenters. The molecule has 0 aromatic heterocycles. The Morgan fingerprint density at radius 1 is 1.25 bits per heavy atom. The zero-order chi connectivity index (χ0) is 17.5. The Morgan fingerprint density at radius 2 is 2.00 bits per heavy atom. The van der Waals surface area contributed by atoms with Crippen molar-refractivity contribution in [3.63, 3.8) is 0 Å². The van der Waals surface area contributed by atoms with Crippen molar-refractivity contribution in [2.75, 3.05) is 13.7 Å². The third kappa shape index (κ3) is 4.47. The van der Waals surface area contributed by atoms with Gasteiger partial charge in [-0.1, -0.05) is 18.6 Å². The van der Waals surface area contributed by atoms with Gasteiger partial charge < -0.3 is 21.1 Å². The first-order valence-electron chi connectivity index (χ1n) is 8.03. The molecule has 1 aliphatic carbocycles. The van der Waals surface area contributed by atoms with Gasteiger partial charge in [-0.25, -0.2) is 0 Å².